The number of rotatable bonds is 2. The number of hydrogen-bond acceptors (Lipinski definition) is 1. The van der Waals surface area contributed by atoms with E-state index in [0.29, 0.717) is 0 Å². The molecule has 3 aromatic rings. The Kier molecular flexibility index (Phi) is 4.83. The molecule has 101 valence electrons. The van der Waals surface area contributed by atoms with Gasteiger partial charge in [0, 0.05) is 26.3 Å². The first-order valence-electron chi connectivity index (χ1n) is 6.34. The van der Waals surface area contributed by atoms with Crippen molar-refractivity contribution in [2.24, 2.45) is 0 Å². The van der Waals surface area contributed by atoms with Gasteiger partial charge in [-0.15, -0.1) is 29.8 Å². The van der Waals surface area contributed by atoms with Crippen LogP contribution in [0.3, 0.4) is 0 Å². The van der Waals surface area contributed by atoms with E-state index in [4.69, 9.17) is 0 Å². The third kappa shape index (κ3) is 2.87. The Hall–Kier alpha value is -1.76. The maximum atomic E-state index is 4.43. The first kappa shape index (κ1) is 14.6. The third-order valence-electron chi connectivity index (χ3n) is 3.21. The van der Waals surface area contributed by atoms with Crippen LogP contribution in [0.1, 0.15) is 5.56 Å². The fourth-order valence-corrected chi connectivity index (χ4v) is 2.26. The van der Waals surface area contributed by atoms with Crippen LogP contribution >= 0.6 is 0 Å². The molecule has 2 heteroatoms. The van der Waals surface area contributed by atoms with E-state index in [9.17, 15) is 0 Å². The minimum atomic E-state index is 0. The summed E-state index contributed by atoms with van der Waals surface area (Å²) in [6, 6.07) is 23.8. The smallest absolute Gasteiger partial charge is 0.0160 e. The van der Waals surface area contributed by atoms with Crippen LogP contribution in [0.25, 0.3) is 22.4 Å². The second-order valence-electron chi connectivity index (χ2n) is 4.49. The summed E-state index contributed by atoms with van der Waals surface area (Å²) in [5, 5.41) is 0. The fraction of sp³-hybridized carbons (Fsp3) is 0.0556. The van der Waals surface area contributed by atoms with E-state index >= 15 is 0 Å². The Morgan fingerprint density at radius 1 is 0.850 bits per heavy atom. The summed E-state index contributed by atoms with van der Waals surface area (Å²) in [5.41, 5.74) is 5.69. The maximum absolute atomic E-state index is 4.43. The van der Waals surface area contributed by atoms with E-state index in [1.807, 2.05) is 36.5 Å². The van der Waals surface area contributed by atoms with Gasteiger partial charge in [-0.1, -0.05) is 53.1 Å². The largest absolute Gasteiger partial charge is 0.305 e. The second kappa shape index (κ2) is 6.60. The molecule has 0 bridgehead atoms. The molecule has 1 aromatic heterocycles. The normalized spacial score (nSPS) is 9.85. The fourth-order valence-electron chi connectivity index (χ4n) is 2.26. The summed E-state index contributed by atoms with van der Waals surface area (Å²) < 4.78 is 0. The molecular formula is C18H14IrN-. The van der Waals surface area contributed by atoms with E-state index in [2.05, 4.69) is 48.3 Å². The molecule has 0 N–H and O–H groups in total. The number of pyridine rings is 1. The minimum absolute atomic E-state index is 0. The van der Waals surface area contributed by atoms with Gasteiger partial charge in [0.25, 0.3) is 0 Å². The molecule has 3 rings (SSSR count). The predicted molar refractivity (Wildman–Crippen MR) is 78.7 cm³/mol. The van der Waals surface area contributed by atoms with Crippen LogP contribution in [0.15, 0.2) is 66.9 Å². The van der Waals surface area contributed by atoms with Crippen LogP contribution in [0, 0.1) is 13.0 Å². The Bertz CT molecular complexity index is 693. The molecule has 20 heavy (non-hydrogen) atoms. The van der Waals surface area contributed by atoms with Gasteiger partial charge in [-0.2, -0.15) is 0 Å². The summed E-state index contributed by atoms with van der Waals surface area (Å²) in [7, 11) is 0. The van der Waals surface area contributed by atoms with Crippen molar-refractivity contribution in [2.45, 2.75) is 6.92 Å². The topological polar surface area (TPSA) is 12.9 Å². The molecule has 0 atom stereocenters. The van der Waals surface area contributed by atoms with Gasteiger partial charge < -0.3 is 4.98 Å². The maximum Gasteiger partial charge on any atom is 0.0160 e. The Morgan fingerprint density at radius 3 is 2.35 bits per heavy atom. The van der Waals surface area contributed by atoms with Crippen molar-refractivity contribution in [1.82, 2.24) is 4.98 Å². The molecule has 2 aromatic carbocycles. The molecular weight excluding hydrogens is 422 g/mol. The van der Waals surface area contributed by atoms with Gasteiger partial charge in [0.1, 0.15) is 0 Å². The van der Waals surface area contributed by atoms with Crippen LogP contribution in [0.4, 0.5) is 0 Å². The SMILES string of the molecule is Cc1ccccc1-c1ccc[c-]c1-c1ccccn1.[Ir]. The zero-order chi connectivity index (χ0) is 13.1. The summed E-state index contributed by atoms with van der Waals surface area (Å²) in [6.45, 7) is 2.13. The van der Waals surface area contributed by atoms with Crippen molar-refractivity contribution in [1.29, 1.82) is 0 Å². The minimum Gasteiger partial charge on any atom is -0.305 e. The zero-order valence-corrected chi connectivity index (χ0v) is 13.5. The molecule has 0 spiro atoms. The van der Waals surface area contributed by atoms with Crippen LogP contribution in [-0.4, -0.2) is 4.98 Å². The number of benzene rings is 2. The average molecular weight is 437 g/mol. The van der Waals surface area contributed by atoms with Crippen molar-refractivity contribution in [3.05, 3.63) is 78.5 Å². The molecule has 1 heterocycles. The van der Waals surface area contributed by atoms with Gasteiger partial charge in [0.2, 0.25) is 0 Å². The van der Waals surface area contributed by atoms with Crippen LogP contribution in [0.5, 0.6) is 0 Å². The molecule has 0 fully saturated rings. The predicted octanol–water partition coefficient (Wildman–Crippen LogP) is 4.52. The van der Waals surface area contributed by atoms with Crippen LogP contribution in [0.2, 0.25) is 0 Å². The van der Waals surface area contributed by atoms with Crippen LogP contribution < -0.4 is 0 Å². The monoisotopic (exact) mass is 437 g/mol. The Morgan fingerprint density at radius 2 is 1.60 bits per heavy atom. The van der Waals surface area contributed by atoms with Crippen molar-refractivity contribution >= 4 is 0 Å². The first-order valence-corrected chi connectivity index (χ1v) is 6.34. The van der Waals surface area contributed by atoms with E-state index in [1.165, 1.54) is 16.7 Å². The molecule has 1 nitrogen and oxygen atoms in total. The standard InChI is InChI=1S/C18H14N.Ir/c1-14-8-2-3-9-15(14)16-10-4-5-11-17(16)18-12-6-7-13-19-18;/h2-10,12-13H,1H3;/q-1;. The molecule has 1 radical (unpaired) electrons. The number of hydrogen-bond donors (Lipinski definition) is 0. The number of nitrogens with zero attached hydrogens (tertiary/aromatic N) is 1. The van der Waals surface area contributed by atoms with Crippen molar-refractivity contribution in [3.63, 3.8) is 0 Å². The van der Waals surface area contributed by atoms with Gasteiger partial charge in [-0.05, 0) is 18.7 Å². The van der Waals surface area contributed by atoms with Gasteiger partial charge in [0.05, 0.1) is 0 Å². The van der Waals surface area contributed by atoms with Crippen LogP contribution in [-0.2, 0) is 20.1 Å². The van der Waals surface area contributed by atoms with Gasteiger partial charge in [0.15, 0.2) is 0 Å². The molecule has 0 saturated heterocycles. The molecule has 0 saturated carbocycles. The van der Waals surface area contributed by atoms with E-state index in [1.54, 1.807) is 0 Å². The summed E-state index contributed by atoms with van der Waals surface area (Å²) in [5.74, 6) is 0. The van der Waals surface area contributed by atoms with Crippen molar-refractivity contribution < 1.29 is 20.1 Å². The van der Waals surface area contributed by atoms with Gasteiger partial charge in [-0.25, -0.2) is 0 Å². The molecule has 0 aliphatic heterocycles. The third-order valence-corrected chi connectivity index (χ3v) is 3.21. The van der Waals surface area contributed by atoms with E-state index in [0.717, 1.165) is 11.3 Å². The molecule has 0 aliphatic rings. The summed E-state index contributed by atoms with van der Waals surface area (Å²) in [4.78, 5) is 4.43. The quantitative estimate of drug-likeness (QED) is 0.539. The second-order valence-corrected chi connectivity index (χ2v) is 4.49. The van der Waals surface area contributed by atoms with Crippen molar-refractivity contribution in [3.8, 4) is 22.4 Å². The van der Waals surface area contributed by atoms with Gasteiger partial charge >= 0.3 is 0 Å². The zero-order valence-electron chi connectivity index (χ0n) is 11.1. The van der Waals surface area contributed by atoms with E-state index in [-0.39, 0.29) is 20.1 Å². The summed E-state index contributed by atoms with van der Waals surface area (Å²) >= 11 is 0. The Labute approximate surface area is 133 Å². The Balaban J connectivity index is 0.00000147. The van der Waals surface area contributed by atoms with Gasteiger partial charge in [-0.3, -0.25) is 0 Å². The first-order chi connectivity index (χ1) is 9.36. The average Bonchev–Trinajstić information content (AvgIpc) is 2.49. The van der Waals surface area contributed by atoms with Crippen molar-refractivity contribution in [2.75, 3.05) is 0 Å². The van der Waals surface area contributed by atoms with E-state index < -0.39 is 0 Å². The molecule has 0 amide bonds. The number of aromatic nitrogens is 1. The summed E-state index contributed by atoms with van der Waals surface area (Å²) in [6.07, 6.45) is 1.82. The number of aryl methyl sites for hydroxylation is 1. The molecule has 0 unspecified atom stereocenters. The molecule has 0 aliphatic carbocycles.